The molecule has 0 unspecified atom stereocenters. The standard InChI is InChI=1S/C23H25N3O3/c1-4-28-20-9-5-18(6-10-20)25-22-15-17(13-14-24-22)23(27)26-19-7-11-21(12-8-19)29-16(2)3/h5-16H,4H2,1-3H3,(H,24,25)(H,26,27). The van der Waals surface area contributed by atoms with Crippen molar-refractivity contribution in [3.8, 4) is 11.5 Å². The number of nitrogens with one attached hydrogen (secondary N) is 2. The molecular formula is C23H25N3O3. The molecule has 150 valence electrons. The molecule has 1 heterocycles. The Balaban J connectivity index is 1.64. The minimum absolute atomic E-state index is 0.105. The maximum absolute atomic E-state index is 12.6. The minimum Gasteiger partial charge on any atom is -0.494 e. The predicted octanol–water partition coefficient (Wildman–Crippen LogP) is 5.26. The van der Waals surface area contributed by atoms with Crippen LogP contribution in [0.5, 0.6) is 11.5 Å². The quantitative estimate of drug-likeness (QED) is 0.548. The first-order chi connectivity index (χ1) is 14.0. The molecule has 0 aliphatic heterocycles. The van der Waals surface area contributed by atoms with Crippen molar-refractivity contribution in [2.75, 3.05) is 17.2 Å². The van der Waals surface area contributed by atoms with Crippen LogP contribution >= 0.6 is 0 Å². The number of nitrogens with zero attached hydrogens (tertiary/aromatic N) is 1. The molecule has 2 N–H and O–H groups in total. The third kappa shape index (κ3) is 5.97. The van der Waals surface area contributed by atoms with Crippen molar-refractivity contribution in [2.45, 2.75) is 26.9 Å². The van der Waals surface area contributed by atoms with Gasteiger partial charge in [-0.3, -0.25) is 4.79 Å². The van der Waals surface area contributed by atoms with Crippen LogP contribution in [0.1, 0.15) is 31.1 Å². The number of amides is 1. The summed E-state index contributed by atoms with van der Waals surface area (Å²) < 4.78 is 11.1. The second-order valence-electron chi connectivity index (χ2n) is 6.66. The van der Waals surface area contributed by atoms with Crippen LogP contribution in [-0.2, 0) is 0 Å². The molecule has 3 rings (SSSR count). The molecule has 3 aromatic rings. The van der Waals surface area contributed by atoms with Gasteiger partial charge in [-0.1, -0.05) is 0 Å². The van der Waals surface area contributed by atoms with Crippen LogP contribution in [0, 0.1) is 0 Å². The van der Waals surface area contributed by atoms with Crippen LogP contribution in [0.3, 0.4) is 0 Å². The first kappa shape index (κ1) is 20.2. The Bertz CT molecular complexity index is 938. The zero-order chi connectivity index (χ0) is 20.6. The monoisotopic (exact) mass is 391 g/mol. The number of benzene rings is 2. The lowest BCUT2D eigenvalue weighted by molar-refractivity contribution is 0.102. The van der Waals surface area contributed by atoms with E-state index >= 15 is 0 Å². The summed E-state index contributed by atoms with van der Waals surface area (Å²) >= 11 is 0. The van der Waals surface area contributed by atoms with Crippen molar-refractivity contribution in [1.82, 2.24) is 4.98 Å². The maximum Gasteiger partial charge on any atom is 0.255 e. The van der Waals surface area contributed by atoms with E-state index in [0.717, 1.165) is 17.2 Å². The average molecular weight is 391 g/mol. The second kappa shape index (κ2) is 9.59. The third-order valence-electron chi connectivity index (χ3n) is 3.94. The van der Waals surface area contributed by atoms with Crippen molar-refractivity contribution < 1.29 is 14.3 Å². The molecule has 0 fully saturated rings. The van der Waals surface area contributed by atoms with Gasteiger partial charge in [-0.05, 0) is 81.4 Å². The van der Waals surface area contributed by atoms with E-state index in [1.807, 2.05) is 69.3 Å². The van der Waals surface area contributed by atoms with Gasteiger partial charge in [0, 0.05) is 23.1 Å². The van der Waals surface area contributed by atoms with Gasteiger partial charge >= 0.3 is 0 Å². The van der Waals surface area contributed by atoms with Crippen molar-refractivity contribution in [3.05, 3.63) is 72.4 Å². The molecule has 1 aromatic heterocycles. The third-order valence-corrected chi connectivity index (χ3v) is 3.94. The summed E-state index contributed by atoms with van der Waals surface area (Å²) in [6.07, 6.45) is 1.71. The molecule has 0 bridgehead atoms. The summed E-state index contributed by atoms with van der Waals surface area (Å²) in [4.78, 5) is 16.9. The predicted molar refractivity (Wildman–Crippen MR) is 115 cm³/mol. The lowest BCUT2D eigenvalue weighted by Crippen LogP contribution is -2.12. The molecular weight excluding hydrogens is 366 g/mol. The highest BCUT2D eigenvalue weighted by molar-refractivity contribution is 6.04. The van der Waals surface area contributed by atoms with Gasteiger partial charge in [-0.25, -0.2) is 4.98 Å². The molecule has 0 saturated heterocycles. The van der Waals surface area contributed by atoms with Gasteiger partial charge in [0.25, 0.3) is 5.91 Å². The maximum atomic E-state index is 12.6. The van der Waals surface area contributed by atoms with E-state index in [9.17, 15) is 4.79 Å². The van der Waals surface area contributed by atoms with Crippen LogP contribution in [0.4, 0.5) is 17.2 Å². The van der Waals surface area contributed by atoms with Gasteiger partial charge in [-0.2, -0.15) is 0 Å². The Labute approximate surface area is 170 Å². The van der Waals surface area contributed by atoms with E-state index in [4.69, 9.17) is 9.47 Å². The van der Waals surface area contributed by atoms with Crippen LogP contribution < -0.4 is 20.1 Å². The lowest BCUT2D eigenvalue weighted by Gasteiger charge is -2.11. The summed E-state index contributed by atoms with van der Waals surface area (Å²) in [5.74, 6) is 1.95. The minimum atomic E-state index is -0.209. The van der Waals surface area contributed by atoms with Crippen LogP contribution in [0.25, 0.3) is 0 Å². The van der Waals surface area contributed by atoms with E-state index < -0.39 is 0 Å². The molecule has 0 radical (unpaired) electrons. The van der Waals surface area contributed by atoms with Gasteiger partial charge in [-0.15, -0.1) is 0 Å². The van der Waals surface area contributed by atoms with E-state index in [0.29, 0.717) is 23.7 Å². The second-order valence-corrected chi connectivity index (χ2v) is 6.66. The van der Waals surface area contributed by atoms with Gasteiger partial charge < -0.3 is 20.1 Å². The molecule has 0 atom stereocenters. The number of hydrogen-bond acceptors (Lipinski definition) is 5. The number of carbonyl (C=O) groups excluding carboxylic acids is 1. The molecule has 2 aromatic carbocycles. The normalized spacial score (nSPS) is 10.5. The van der Waals surface area contributed by atoms with E-state index in [2.05, 4.69) is 15.6 Å². The van der Waals surface area contributed by atoms with Crippen LogP contribution in [-0.4, -0.2) is 23.6 Å². The fourth-order valence-electron chi connectivity index (χ4n) is 2.68. The van der Waals surface area contributed by atoms with Crippen LogP contribution in [0.15, 0.2) is 66.9 Å². The van der Waals surface area contributed by atoms with E-state index in [1.54, 1.807) is 18.3 Å². The number of pyridine rings is 1. The number of carbonyl (C=O) groups is 1. The lowest BCUT2D eigenvalue weighted by atomic mass is 10.2. The Morgan fingerprint density at radius 1 is 0.966 bits per heavy atom. The highest BCUT2D eigenvalue weighted by Crippen LogP contribution is 2.21. The van der Waals surface area contributed by atoms with Gasteiger partial charge in [0.05, 0.1) is 12.7 Å². The smallest absolute Gasteiger partial charge is 0.255 e. The van der Waals surface area contributed by atoms with Gasteiger partial charge in [0.15, 0.2) is 0 Å². The number of aromatic nitrogens is 1. The summed E-state index contributed by atoms with van der Waals surface area (Å²) in [5.41, 5.74) is 2.07. The fraction of sp³-hybridized carbons (Fsp3) is 0.217. The average Bonchev–Trinajstić information content (AvgIpc) is 2.71. The SMILES string of the molecule is CCOc1ccc(Nc2cc(C(=O)Nc3ccc(OC(C)C)cc3)ccn2)cc1. The Kier molecular flexibility index (Phi) is 6.68. The van der Waals surface area contributed by atoms with Crippen molar-refractivity contribution in [3.63, 3.8) is 0 Å². The number of ether oxygens (including phenoxy) is 2. The molecule has 29 heavy (non-hydrogen) atoms. The Hall–Kier alpha value is -3.54. The highest BCUT2D eigenvalue weighted by atomic mass is 16.5. The number of anilines is 3. The number of hydrogen-bond donors (Lipinski definition) is 2. The molecule has 6 heteroatoms. The van der Waals surface area contributed by atoms with Gasteiger partial charge in [0.2, 0.25) is 0 Å². The topological polar surface area (TPSA) is 72.5 Å². The first-order valence-electron chi connectivity index (χ1n) is 9.57. The van der Waals surface area contributed by atoms with Crippen molar-refractivity contribution in [1.29, 1.82) is 0 Å². The Morgan fingerprint density at radius 3 is 2.28 bits per heavy atom. The molecule has 0 aliphatic carbocycles. The van der Waals surface area contributed by atoms with Crippen LogP contribution in [0.2, 0.25) is 0 Å². The summed E-state index contributed by atoms with van der Waals surface area (Å²) in [5, 5.41) is 6.08. The summed E-state index contributed by atoms with van der Waals surface area (Å²) in [6.45, 7) is 6.51. The largest absolute Gasteiger partial charge is 0.494 e. The zero-order valence-electron chi connectivity index (χ0n) is 16.8. The van der Waals surface area contributed by atoms with E-state index in [1.165, 1.54) is 0 Å². The fourth-order valence-corrected chi connectivity index (χ4v) is 2.68. The van der Waals surface area contributed by atoms with E-state index in [-0.39, 0.29) is 12.0 Å². The molecule has 6 nitrogen and oxygen atoms in total. The highest BCUT2D eigenvalue weighted by Gasteiger charge is 2.08. The molecule has 1 amide bonds. The van der Waals surface area contributed by atoms with Crippen molar-refractivity contribution >= 4 is 23.1 Å². The van der Waals surface area contributed by atoms with Gasteiger partial charge in [0.1, 0.15) is 17.3 Å². The Morgan fingerprint density at radius 2 is 1.62 bits per heavy atom. The van der Waals surface area contributed by atoms with Crippen molar-refractivity contribution in [2.24, 2.45) is 0 Å². The molecule has 0 spiro atoms. The zero-order valence-corrected chi connectivity index (χ0v) is 16.8. The molecule has 0 saturated carbocycles. The summed E-state index contributed by atoms with van der Waals surface area (Å²) in [6, 6.07) is 18.3. The summed E-state index contributed by atoms with van der Waals surface area (Å²) in [7, 11) is 0. The first-order valence-corrected chi connectivity index (χ1v) is 9.57. The molecule has 0 aliphatic rings. The number of rotatable bonds is 8.